The summed E-state index contributed by atoms with van der Waals surface area (Å²) in [4.78, 5) is -3.88. The van der Waals surface area contributed by atoms with Gasteiger partial charge in [0.2, 0.25) is 0 Å². The predicted molar refractivity (Wildman–Crippen MR) is 128 cm³/mol. The summed E-state index contributed by atoms with van der Waals surface area (Å²) in [7, 11) is 0. The van der Waals surface area contributed by atoms with E-state index >= 15 is 0 Å². The van der Waals surface area contributed by atoms with Crippen LogP contribution in [0.4, 0.5) is 22.0 Å². The normalized spacial score (nSPS) is 18.6. The molecule has 0 saturated carbocycles. The van der Waals surface area contributed by atoms with Crippen LogP contribution >= 0.6 is 15.9 Å². The largest absolute Gasteiger partial charge is 0.348 e. The van der Waals surface area contributed by atoms with Crippen LogP contribution in [0.2, 0.25) is 0 Å². The summed E-state index contributed by atoms with van der Waals surface area (Å²) < 4.78 is 81.6. The molecule has 4 rings (SSSR count). The van der Waals surface area contributed by atoms with Gasteiger partial charge in [-0.2, -0.15) is 8.78 Å². The lowest BCUT2D eigenvalue weighted by Crippen LogP contribution is -2.27. The van der Waals surface area contributed by atoms with Gasteiger partial charge in [0, 0.05) is 17.0 Å². The summed E-state index contributed by atoms with van der Waals surface area (Å²) in [6.07, 6.45) is 2.92. The van der Waals surface area contributed by atoms with Crippen LogP contribution in [-0.4, -0.2) is 13.2 Å². The van der Waals surface area contributed by atoms with Crippen LogP contribution in [0.5, 0.6) is 0 Å². The van der Waals surface area contributed by atoms with E-state index in [1.807, 2.05) is 40.2 Å². The molecule has 0 N–H and O–H groups in total. The molecule has 3 aromatic carbocycles. The van der Waals surface area contributed by atoms with Gasteiger partial charge in [0.1, 0.15) is 23.0 Å². The lowest BCUT2D eigenvalue weighted by Gasteiger charge is -2.29. The first-order valence-corrected chi connectivity index (χ1v) is 12.2. The summed E-state index contributed by atoms with van der Waals surface area (Å²) in [5.41, 5.74) is 0.433. The minimum Gasteiger partial charge on any atom is -0.348 e. The van der Waals surface area contributed by atoms with E-state index < -0.39 is 34.1 Å². The predicted octanol–water partition coefficient (Wildman–Crippen LogP) is 8.73. The van der Waals surface area contributed by atoms with Gasteiger partial charge in [0.25, 0.3) is 0 Å². The van der Waals surface area contributed by atoms with Gasteiger partial charge < -0.3 is 9.47 Å². The van der Waals surface area contributed by atoms with Crippen molar-refractivity contribution in [2.24, 2.45) is 5.92 Å². The van der Waals surface area contributed by atoms with Crippen LogP contribution in [0, 0.1) is 23.4 Å². The third-order valence-corrected chi connectivity index (χ3v) is 6.45. The number of halogens is 6. The minimum absolute atomic E-state index is 0.103. The topological polar surface area (TPSA) is 18.5 Å². The Balaban J connectivity index is 1.49. The summed E-state index contributed by atoms with van der Waals surface area (Å²) >= 11 is 1.96. The van der Waals surface area contributed by atoms with E-state index in [0.717, 1.165) is 30.4 Å². The molecule has 0 amide bonds. The number of unbranched alkanes of at least 4 members (excludes halogenated alkanes) is 1. The molecule has 3 aromatic rings. The zero-order valence-corrected chi connectivity index (χ0v) is 20.6. The Morgan fingerprint density at radius 2 is 1.40 bits per heavy atom. The van der Waals surface area contributed by atoms with E-state index in [2.05, 4.69) is 6.92 Å². The van der Waals surface area contributed by atoms with Crippen molar-refractivity contribution >= 4 is 15.9 Å². The quantitative estimate of drug-likeness (QED) is 0.215. The highest BCUT2D eigenvalue weighted by Gasteiger charge is 2.35. The van der Waals surface area contributed by atoms with Crippen LogP contribution < -0.4 is 0 Å². The molecular weight excluding hydrogens is 531 g/mol. The van der Waals surface area contributed by atoms with Gasteiger partial charge >= 0.3 is 4.83 Å². The first-order valence-electron chi connectivity index (χ1n) is 11.4. The molecule has 0 radical (unpaired) electrons. The third-order valence-electron chi connectivity index (χ3n) is 6.05. The van der Waals surface area contributed by atoms with Crippen molar-refractivity contribution < 1.29 is 31.4 Å². The van der Waals surface area contributed by atoms with Gasteiger partial charge in [-0.25, -0.2) is 13.2 Å². The van der Waals surface area contributed by atoms with Gasteiger partial charge in [-0.3, -0.25) is 0 Å². The molecule has 0 unspecified atom stereocenters. The van der Waals surface area contributed by atoms with Crippen LogP contribution in [0.25, 0.3) is 22.3 Å². The van der Waals surface area contributed by atoms with E-state index in [-0.39, 0.29) is 11.1 Å². The molecule has 8 heteroatoms. The summed E-state index contributed by atoms with van der Waals surface area (Å²) in [6, 6.07) is 12.9. The Morgan fingerprint density at radius 1 is 0.829 bits per heavy atom. The second-order valence-corrected chi connectivity index (χ2v) is 9.63. The van der Waals surface area contributed by atoms with Crippen molar-refractivity contribution in [2.75, 3.05) is 13.2 Å². The average Bonchev–Trinajstić information content (AvgIpc) is 2.82. The fraction of sp³-hybridized carbons (Fsp3) is 0.333. The van der Waals surface area contributed by atoms with Gasteiger partial charge in [-0.1, -0.05) is 56.2 Å². The van der Waals surface area contributed by atoms with Gasteiger partial charge in [0.05, 0.1) is 13.2 Å². The monoisotopic (exact) mass is 554 g/mol. The van der Waals surface area contributed by atoms with Crippen LogP contribution in [0.1, 0.15) is 43.6 Å². The molecule has 35 heavy (non-hydrogen) atoms. The molecule has 186 valence electrons. The molecule has 2 nitrogen and oxygen atoms in total. The minimum atomic E-state index is -3.88. The highest BCUT2D eigenvalue weighted by molar-refractivity contribution is 9.09. The van der Waals surface area contributed by atoms with Gasteiger partial charge in [-0.15, -0.1) is 0 Å². The maximum Gasteiger partial charge on any atom is 0.332 e. The highest BCUT2D eigenvalue weighted by atomic mass is 79.9. The average molecular weight is 555 g/mol. The molecule has 1 heterocycles. The standard InChI is InChI=1S/C27H24BrF5O2/c1-2-3-4-16-14-34-26(35-15-16)18-7-5-17(6-8-18)19-9-10-21(22(29)11-19)20-12-23(30)25(24(31)13-20)27(28,32)33/h5-13,16,26H,2-4,14-15H2,1H3. The number of ether oxygens (including phenoxy) is 2. The molecule has 0 atom stereocenters. The zero-order valence-electron chi connectivity index (χ0n) is 19.0. The van der Waals surface area contributed by atoms with Crippen molar-refractivity contribution in [3.8, 4) is 22.3 Å². The van der Waals surface area contributed by atoms with Crippen molar-refractivity contribution in [3.63, 3.8) is 0 Å². The van der Waals surface area contributed by atoms with Crippen LogP contribution in [-0.2, 0) is 14.3 Å². The number of benzene rings is 3. The summed E-state index contributed by atoms with van der Waals surface area (Å²) in [5.74, 6) is -3.27. The van der Waals surface area contributed by atoms with Crippen LogP contribution in [0.15, 0.2) is 54.6 Å². The Hall–Kier alpha value is -2.29. The van der Waals surface area contributed by atoms with Crippen molar-refractivity contribution in [1.29, 1.82) is 0 Å². The molecule has 1 saturated heterocycles. The summed E-state index contributed by atoms with van der Waals surface area (Å²) in [6.45, 7) is 3.45. The lowest BCUT2D eigenvalue weighted by atomic mass is 9.97. The van der Waals surface area contributed by atoms with Crippen molar-refractivity contribution in [2.45, 2.75) is 37.3 Å². The maximum absolute atomic E-state index is 14.9. The second kappa shape index (κ2) is 10.8. The fourth-order valence-corrected chi connectivity index (χ4v) is 4.53. The van der Waals surface area contributed by atoms with Crippen molar-refractivity contribution in [1.82, 2.24) is 0 Å². The SMILES string of the molecule is CCCCC1COC(c2ccc(-c3ccc(-c4cc(F)c(C(F)(F)Br)c(F)c4)c(F)c3)cc2)OC1. The Kier molecular flexibility index (Phi) is 7.93. The molecule has 0 aliphatic carbocycles. The molecule has 1 aliphatic rings. The second-order valence-electron chi connectivity index (χ2n) is 8.64. The highest BCUT2D eigenvalue weighted by Crippen LogP contribution is 2.40. The first-order chi connectivity index (χ1) is 16.7. The molecule has 1 aliphatic heterocycles. The Bertz CT molecular complexity index is 1150. The maximum atomic E-state index is 14.9. The summed E-state index contributed by atoms with van der Waals surface area (Å²) in [5, 5.41) is 0. The first kappa shape index (κ1) is 25.8. The lowest BCUT2D eigenvalue weighted by molar-refractivity contribution is -0.206. The van der Waals surface area contributed by atoms with E-state index in [9.17, 15) is 22.0 Å². The smallest absolute Gasteiger partial charge is 0.332 e. The molecule has 1 fully saturated rings. The number of alkyl halides is 3. The van der Waals surface area contributed by atoms with E-state index in [0.29, 0.717) is 36.8 Å². The van der Waals surface area contributed by atoms with Gasteiger partial charge in [0.15, 0.2) is 6.29 Å². The molecule has 0 aromatic heterocycles. The zero-order chi connectivity index (χ0) is 25.2. The molecular formula is C27H24BrF5O2. The third kappa shape index (κ3) is 5.93. The van der Waals surface area contributed by atoms with Crippen LogP contribution in [0.3, 0.4) is 0 Å². The van der Waals surface area contributed by atoms with E-state index in [1.54, 1.807) is 6.07 Å². The Labute approximate surface area is 209 Å². The van der Waals surface area contributed by atoms with Gasteiger partial charge in [-0.05, 0) is 57.2 Å². The van der Waals surface area contributed by atoms with E-state index in [4.69, 9.17) is 9.47 Å². The Morgan fingerprint density at radius 3 is 1.94 bits per heavy atom. The van der Waals surface area contributed by atoms with E-state index in [1.165, 1.54) is 12.1 Å². The number of hydrogen-bond acceptors (Lipinski definition) is 2. The molecule has 0 spiro atoms. The van der Waals surface area contributed by atoms with Crippen molar-refractivity contribution in [3.05, 3.63) is 83.2 Å². The molecule has 0 bridgehead atoms. The number of hydrogen-bond donors (Lipinski definition) is 0. The number of rotatable bonds is 7. The fourth-order valence-electron chi connectivity index (χ4n) is 4.16.